The predicted octanol–water partition coefficient (Wildman–Crippen LogP) is 9.20. The molecule has 0 fully saturated rings. The van der Waals surface area contributed by atoms with Gasteiger partial charge in [-0.05, 0) is 20.8 Å². The fourth-order valence-electron chi connectivity index (χ4n) is 5.40. The number of benzene rings is 2. The van der Waals surface area contributed by atoms with Gasteiger partial charge < -0.3 is 4.74 Å². The van der Waals surface area contributed by atoms with Crippen LogP contribution in [0, 0.1) is 0 Å². The van der Waals surface area contributed by atoms with Crippen molar-refractivity contribution in [1.82, 2.24) is 14.8 Å². The van der Waals surface area contributed by atoms with E-state index in [0.29, 0.717) is 11.6 Å². The molecule has 2 aromatic heterocycles. The molecular weight excluding hydrogens is 605 g/mol. The molecule has 40 heavy (non-hydrogen) atoms. The molecule has 0 spiro atoms. The van der Waals surface area contributed by atoms with Gasteiger partial charge in [-0.15, -0.1) is 0 Å². The molecule has 0 aliphatic rings. The average Bonchev–Trinajstić information content (AvgIpc) is 3.60. The summed E-state index contributed by atoms with van der Waals surface area (Å²) in [6.07, 6.45) is 8.95. The van der Waals surface area contributed by atoms with Crippen molar-refractivity contribution >= 4 is 39.1 Å². The van der Waals surface area contributed by atoms with Crippen molar-refractivity contribution in [2.45, 2.75) is 99.0 Å². The van der Waals surface area contributed by atoms with Crippen LogP contribution in [0.1, 0.15) is 80.1 Å². The molecule has 4 rings (SSSR count). The van der Waals surface area contributed by atoms with Gasteiger partial charge in [0, 0.05) is 0 Å². The van der Waals surface area contributed by atoms with Crippen LogP contribution >= 0.6 is 0 Å². The van der Waals surface area contributed by atoms with Crippen molar-refractivity contribution in [3.05, 3.63) is 54.7 Å². The van der Waals surface area contributed by atoms with Crippen LogP contribution in [0.5, 0.6) is 0 Å². The van der Waals surface area contributed by atoms with Gasteiger partial charge in [0.2, 0.25) is 0 Å². The van der Waals surface area contributed by atoms with Gasteiger partial charge in [0.05, 0.1) is 0 Å². The summed E-state index contributed by atoms with van der Waals surface area (Å²) >= 11 is -2.55. The van der Waals surface area contributed by atoms with Crippen LogP contribution in [0.2, 0.25) is 13.3 Å². The van der Waals surface area contributed by atoms with Gasteiger partial charge >= 0.3 is 208 Å². The summed E-state index contributed by atoms with van der Waals surface area (Å²) in [6.45, 7) is 12.5. The van der Waals surface area contributed by atoms with E-state index in [0.717, 1.165) is 22.2 Å². The van der Waals surface area contributed by atoms with Crippen LogP contribution in [0.15, 0.2) is 59.1 Å². The van der Waals surface area contributed by atoms with Crippen molar-refractivity contribution in [1.29, 1.82) is 0 Å². The third-order valence-electron chi connectivity index (χ3n) is 7.62. The van der Waals surface area contributed by atoms with Gasteiger partial charge in [-0.25, -0.2) is 4.79 Å². The number of oxazole rings is 1. The molecule has 0 saturated carbocycles. The first-order valence-corrected chi connectivity index (χ1v) is 22.5. The van der Waals surface area contributed by atoms with E-state index in [-0.39, 0.29) is 0 Å². The maximum absolute atomic E-state index is 12.3. The van der Waals surface area contributed by atoms with Crippen LogP contribution in [-0.4, -0.2) is 44.8 Å². The number of carbonyl (C=O) groups is 1. The Morgan fingerprint density at radius 3 is 2.05 bits per heavy atom. The van der Waals surface area contributed by atoms with Crippen LogP contribution in [0.4, 0.5) is 4.79 Å². The number of carbonyl (C=O) groups excluding carboxylic acids is 1. The van der Waals surface area contributed by atoms with E-state index in [4.69, 9.17) is 14.1 Å². The van der Waals surface area contributed by atoms with Crippen LogP contribution in [-0.2, 0) is 4.74 Å². The van der Waals surface area contributed by atoms with E-state index in [9.17, 15) is 4.79 Å². The summed E-state index contributed by atoms with van der Waals surface area (Å²) in [5, 5.41) is 4.41. The van der Waals surface area contributed by atoms with Gasteiger partial charge in [0.15, 0.2) is 0 Å². The van der Waals surface area contributed by atoms with E-state index in [1.807, 2.05) is 51.1 Å². The Hall–Kier alpha value is -2.61. The second kappa shape index (κ2) is 13.4. The van der Waals surface area contributed by atoms with E-state index in [1.54, 1.807) is 9.78 Å². The molecule has 2 aromatic carbocycles. The van der Waals surface area contributed by atoms with Gasteiger partial charge in [-0.1, -0.05) is 0 Å². The fraction of sp³-hybridized carbons (Fsp3) is 0.485. The molecule has 0 radical (unpaired) electrons. The molecule has 0 unspecified atom stereocenters. The molecule has 4 aromatic rings. The first-order valence-electron chi connectivity index (χ1n) is 15.0. The monoisotopic (exact) mass is 651 g/mol. The molecule has 0 atom stereocenters. The Morgan fingerprint density at radius 1 is 0.875 bits per heavy atom. The van der Waals surface area contributed by atoms with Gasteiger partial charge in [0.25, 0.3) is 0 Å². The molecule has 0 aliphatic heterocycles. The first kappa shape index (κ1) is 30.3. The molecule has 7 heteroatoms. The maximum atomic E-state index is 12.3. The van der Waals surface area contributed by atoms with Crippen molar-refractivity contribution in [3.63, 3.8) is 0 Å². The SMILES string of the molecule is CCC[CH2][Sn]([CH2]CCC)([CH2]CCC)[c]1ccc2nc(-c3ccc(-c4ccn(C(=O)OC(C)(C)C)n4)cc3)oc2c1. The van der Waals surface area contributed by atoms with Crippen LogP contribution in [0.25, 0.3) is 33.8 Å². The Morgan fingerprint density at radius 2 is 1.48 bits per heavy atom. The average molecular weight is 650 g/mol. The number of ether oxygens (including phenoxy) is 1. The number of fused-ring (bicyclic) bond motifs is 1. The molecule has 0 N–H and O–H groups in total. The molecule has 2 heterocycles. The molecule has 0 bridgehead atoms. The Kier molecular flexibility index (Phi) is 10.1. The summed E-state index contributed by atoms with van der Waals surface area (Å²) in [5.41, 5.74) is 3.78. The number of unbranched alkanes of at least 4 members (excludes halogenated alkanes) is 3. The predicted molar refractivity (Wildman–Crippen MR) is 167 cm³/mol. The third-order valence-corrected chi connectivity index (χ3v) is 23.2. The van der Waals surface area contributed by atoms with E-state index < -0.39 is 30.1 Å². The van der Waals surface area contributed by atoms with Crippen molar-refractivity contribution in [2.75, 3.05) is 0 Å². The number of nitrogens with zero attached hydrogens (tertiary/aromatic N) is 3. The number of rotatable bonds is 12. The minimum absolute atomic E-state index is 0.492. The molecule has 0 amide bonds. The Labute approximate surface area is 243 Å². The summed E-state index contributed by atoms with van der Waals surface area (Å²) in [7, 11) is 0. The van der Waals surface area contributed by atoms with Gasteiger partial charge in [-0.3, -0.25) is 0 Å². The first-order chi connectivity index (χ1) is 19.2. The topological polar surface area (TPSA) is 70.2 Å². The second-order valence-electron chi connectivity index (χ2n) is 12.0. The van der Waals surface area contributed by atoms with Crippen molar-refractivity contribution < 1.29 is 13.9 Å². The zero-order valence-corrected chi connectivity index (χ0v) is 28.0. The van der Waals surface area contributed by atoms with Crippen LogP contribution < -0.4 is 3.58 Å². The molecule has 0 saturated heterocycles. The van der Waals surface area contributed by atoms with E-state index in [1.165, 1.54) is 56.5 Å². The normalized spacial score (nSPS) is 12.2. The quantitative estimate of drug-likeness (QED) is 0.143. The summed E-state index contributed by atoms with van der Waals surface area (Å²) in [6, 6.07) is 16.7. The van der Waals surface area contributed by atoms with Crippen LogP contribution in [0.3, 0.4) is 0 Å². The molecule has 214 valence electrons. The van der Waals surface area contributed by atoms with Gasteiger partial charge in [-0.2, -0.15) is 0 Å². The third kappa shape index (κ3) is 7.36. The summed E-state index contributed by atoms with van der Waals surface area (Å²) < 4.78 is 18.9. The minimum atomic E-state index is -2.55. The van der Waals surface area contributed by atoms with Gasteiger partial charge in [0.1, 0.15) is 5.60 Å². The zero-order valence-electron chi connectivity index (χ0n) is 25.1. The summed E-state index contributed by atoms with van der Waals surface area (Å²) in [5.74, 6) is 0.634. The number of aromatic nitrogens is 3. The van der Waals surface area contributed by atoms with Crippen molar-refractivity contribution in [3.8, 4) is 22.7 Å². The van der Waals surface area contributed by atoms with E-state index >= 15 is 0 Å². The molecular formula is C33H45N3O3Sn. The summed E-state index contributed by atoms with van der Waals surface area (Å²) in [4.78, 5) is 17.2. The number of hydrogen-bond acceptors (Lipinski definition) is 5. The second-order valence-corrected chi connectivity index (χ2v) is 25.2. The molecule has 6 nitrogen and oxygen atoms in total. The van der Waals surface area contributed by atoms with E-state index in [2.05, 4.69) is 44.1 Å². The van der Waals surface area contributed by atoms with Crippen molar-refractivity contribution in [2.24, 2.45) is 0 Å². The standard InChI is InChI=1S/C21H18N3O3.3C4H9.Sn/c1-21(2,3)27-20(25)24-13-12-16(23-24)14-8-10-15(11-9-14)19-22-17-6-4-5-7-18(17)26-19;3*1-3-4-2;/h4,6-13H,1-3H3;3*1,3-4H2,2H3;. The zero-order chi connectivity index (χ0) is 28.8. The Bertz CT molecular complexity index is 1380. The fourth-order valence-corrected chi connectivity index (χ4v) is 21.3. The number of hydrogen-bond donors (Lipinski definition) is 0. The Balaban J connectivity index is 1.58. The molecule has 0 aliphatic carbocycles.